The van der Waals surface area contributed by atoms with Gasteiger partial charge in [-0.3, -0.25) is 5.10 Å². The van der Waals surface area contributed by atoms with Crippen molar-refractivity contribution in [2.45, 2.75) is 31.2 Å². The van der Waals surface area contributed by atoms with Crippen LogP contribution < -0.4 is 5.32 Å². The van der Waals surface area contributed by atoms with Gasteiger partial charge in [-0.05, 0) is 25.8 Å². The highest BCUT2D eigenvalue weighted by Crippen LogP contribution is 2.28. The van der Waals surface area contributed by atoms with E-state index in [4.69, 9.17) is 0 Å². The molecule has 2 atom stereocenters. The quantitative estimate of drug-likeness (QED) is 0.785. The van der Waals surface area contributed by atoms with E-state index in [2.05, 4.69) is 20.5 Å². The SMILES string of the molecule is O=S1(=O)CCC(c2n[nH]c(C3CCCN3)n2)C1. The fraction of sp³-hybridized carbons (Fsp3) is 0.800. The lowest BCUT2D eigenvalue weighted by atomic mass is 10.1. The monoisotopic (exact) mass is 256 g/mol. The second-order valence-corrected chi connectivity index (χ2v) is 7.06. The third-order valence-electron chi connectivity index (χ3n) is 3.51. The molecule has 17 heavy (non-hydrogen) atoms. The number of aromatic amines is 1. The Kier molecular flexibility index (Phi) is 2.67. The molecule has 2 fully saturated rings. The molecule has 2 saturated heterocycles. The van der Waals surface area contributed by atoms with Gasteiger partial charge in [0.15, 0.2) is 15.7 Å². The fourth-order valence-electron chi connectivity index (χ4n) is 2.54. The summed E-state index contributed by atoms with van der Waals surface area (Å²) in [5, 5.41) is 10.4. The Labute approximate surface area is 100 Å². The molecule has 0 amide bonds. The van der Waals surface area contributed by atoms with Crippen LogP contribution in [0.1, 0.15) is 42.9 Å². The van der Waals surface area contributed by atoms with Crippen LogP contribution >= 0.6 is 0 Å². The molecule has 0 aromatic carbocycles. The highest BCUT2D eigenvalue weighted by Gasteiger charge is 2.32. The van der Waals surface area contributed by atoms with Crippen LogP contribution in [-0.2, 0) is 9.84 Å². The van der Waals surface area contributed by atoms with Crippen molar-refractivity contribution in [2.75, 3.05) is 18.1 Å². The number of hydrogen-bond donors (Lipinski definition) is 2. The minimum Gasteiger partial charge on any atom is -0.307 e. The first kappa shape index (κ1) is 11.2. The number of nitrogens with one attached hydrogen (secondary N) is 2. The van der Waals surface area contributed by atoms with Crippen molar-refractivity contribution >= 4 is 9.84 Å². The van der Waals surface area contributed by atoms with Crippen LogP contribution in [-0.4, -0.2) is 41.6 Å². The van der Waals surface area contributed by atoms with E-state index >= 15 is 0 Å². The molecule has 6 nitrogen and oxygen atoms in total. The van der Waals surface area contributed by atoms with Gasteiger partial charge in [-0.1, -0.05) is 0 Å². The van der Waals surface area contributed by atoms with Gasteiger partial charge >= 0.3 is 0 Å². The van der Waals surface area contributed by atoms with Gasteiger partial charge in [0.2, 0.25) is 0 Å². The van der Waals surface area contributed by atoms with Gasteiger partial charge in [0.25, 0.3) is 0 Å². The summed E-state index contributed by atoms with van der Waals surface area (Å²) < 4.78 is 22.8. The Hall–Kier alpha value is -0.950. The van der Waals surface area contributed by atoms with Gasteiger partial charge in [0.1, 0.15) is 5.82 Å². The van der Waals surface area contributed by atoms with E-state index in [0.717, 1.165) is 25.2 Å². The molecular weight excluding hydrogens is 240 g/mol. The molecule has 0 spiro atoms. The predicted octanol–water partition coefficient (Wildman–Crippen LogP) is 0.131. The minimum absolute atomic E-state index is 0.0218. The average molecular weight is 256 g/mol. The van der Waals surface area contributed by atoms with E-state index in [1.54, 1.807) is 0 Å². The van der Waals surface area contributed by atoms with Gasteiger partial charge in [-0.25, -0.2) is 13.4 Å². The zero-order valence-electron chi connectivity index (χ0n) is 9.52. The lowest BCUT2D eigenvalue weighted by Gasteiger charge is -2.04. The molecule has 0 radical (unpaired) electrons. The van der Waals surface area contributed by atoms with Gasteiger partial charge < -0.3 is 5.32 Å². The highest BCUT2D eigenvalue weighted by molar-refractivity contribution is 7.91. The minimum atomic E-state index is -2.86. The second kappa shape index (κ2) is 4.06. The molecule has 3 rings (SSSR count). The molecule has 3 heterocycles. The first-order chi connectivity index (χ1) is 8.14. The van der Waals surface area contributed by atoms with E-state index < -0.39 is 9.84 Å². The molecule has 2 unspecified atom stereocenters. The smallest absolute Gasteiger partial charge is 0.154 e. The van der Waals surface area contributed by atoms with Crippen molar-refractivity contribution in [3.63, 3.8) is 0 Å². The lowest BCUT2D eigenvalue weighted by molar-refractivity contribution is 0.600. The molecular formula is C10H16N4O2S. The van der Waals surface area contributed by atoms with Crippen LogP contribution in [0.25, 0.3) is 0 Å². The molecule has 2 aliphatic heterocycles. The number of aromatic nitrogens is 3. The van der Waals surface area contributed by atoms with Crippen molar-refractivity contribution in [1.29, 1.82) is 0 Å². The zero-order valence-corrected chi connectivity index (χ0v) is 10.3. The number of H-pyrrole nitrogens is 1. The first-order valence-electron chi connectivity index (χ1n) is 6.00. The average Bonchev–Trinajstić information content (AvgIpc) is 2.93. The number of sulfone groups is 1. The molecule has 1 aromatic heterocycles. The number of rotatable bonds is 2. The molecule has 0 bridgehead atoms. The van der Waals surface area contributed by atoms with E-state index in [1.165, 1.54) is 0 Å². The normalized spacial score (nSPS) is 32.0. The van der Waals surface area contributed by atoms with Crippen LogP contribution in [0.2, 0.25) is 0 Å². The number of nitrogens with zero attached hydrogens (tertiary/aromatic N) is 2. The second-order valence-electron chi connectivity index (χ2n) is 4.83. The summed E-state index contributed by atoms with van der Waals surface area (Å²) >= 11 is 0. The van der Waals surface area contributed by atoms with Crippen molar-refractivity contribution in [1.82, 2.24) is 20.5 Å². The number of hydrogen-bond acceptors (Lipinski definition) is 5. The maximum Gasteiger partial charge on any atom is 0.154 e. The summed E-state index contributed by atoms with van der Waals surface area (Å²) in [6.45, 7) is 1.01. The Morgan fingerprint density at radius 3 is 2.82 bits per heavy atom. The Bertz CT molecular complexity index is 504. The molecule has 94 valence electrons. The Balaban J connectivity index is 1.76. The first-order valence-corrected chi connectivity index (χ1v) is 7.82. The molecule has 1 aromatic rings. The zero-order chi connectivity index (χ0) is 11.9. The van der Waals surface area contributed by atoms with E-state index in [9.17, 15) is 8.42 Å². The standard InChI is InChI=1S/C10H16N4O2S/c15-17(16)5-3-7(6-17)9-12-10(14-13-9)8-2-1-4-11-8/h7-8,11H,1-6H2,(H,12,13,14). The third kappa shape index (κ3) is 2.21. The summed E-state index contributed by atoms with van der Waals surface area (Å²) in [6, 6.07) is 0.259. The summed E-state index contributed by atoms with van der Waals surface area (Å²) in [5.41, 5.74) is 0. The summed E-state index contributed by atoms with van der Waals surface area (Å²) in [7, 11) is -2.86. The Morgan fingerprint density at radius 2 is 2.18 bits per heavy atom. The maximum absolute atomic E-state index is 11.4. The van der Waals surface area contributed by atoms with Crippen molar-refractivity contribution < 1.29 is 8.42 Å². The highest BCUT2D eigenvalue weighted by atomic mass is 32.2. The van der Waals surface area contributed by atoms with Gasteiger partial charge in [-0.15, -0.1) is 0 Å². The Morgan fingerprint density at radius 1 is 1.29 bits per heavy atom. The fourth-order valence-corrected chi connectivity index (χ4v) is 4.28. The van der Waals surface area contributed by atoms with Crippen molar-refractivity contribution in [3.8, 4) is 0 Å². The van der Waals surface area contributed by atoms with E-state index in [0.29, 0.717) is 12.2 Å². The molecule has 2 N–H and O–H groups in total. The van der Waals surface area contributed by atoms with Gasteiger partial charge in [0.05, 0.1) is 17.5 Å². The molecule has 2 aliphatic rings. The van der Waals surface area contributed by atoms with E-state index in [1.807, 2.05) is 0 Å². The van der Waals surface area contributed by atoms with Gasteiger partial charge in [-0.2, -0.15) is 5.10 Å². The third-order valence-corrected chi connectivity index (χ3v) is 5.28. The van der Waals surface area contributed by atoms with Crippen LogP contribution in [0.4, 0.5) is 0 Å². The van der Waals surface area contributed by atoms with Crippen LogP contribution in [0, 0.1) is 0 Å². The molecule has 7 heteroatoms. The predicted molar refractivity (Wildman–Crippen MR) is 62.4 cm³/mol. The largest absolute Gasteiger partial charge is 0.307 e. The summed E-state index contributed by atoms with van der Waals surface area (Å²) in [6.07, 6.45) is 2.87. The van der Waals surface area contributed by atoms with Crippen LogP contribution in [0.3, 0.4) is 0 Å². The topological polar surface area (TPSA) is 87.7 Å². The van der Waals surface area contributed by atoms with Crippen molar-refractivity contribution in [3.05, 3.63) is 11.6 Å². The van der Waals surface area contributed by atoms with Gasteiger partial charge in [0, 0.05) is 5.92 Å². The van der Waals surface area contributed by atoms with Crippen LogP contribution in [0.5, 0.6) is 0 Å². The maximum atomic E-state index is 11.4. The summed E-state index contributed by atoms with van der Waals surface area (Å²) in [5.74, 6) is 1.95. The lowest BCUT2D eigenvalue weighted by Crippen LogP contribution is -2.14. The van der Waals surface area contributed by atoms with Crippen molar-refractivity contribution in [2.24, 2.45) is 0 Å². The molecule has 0 aliphatic carbocycles. The summed E-state index contributed by atoms with van der Waals surface area (Å²) in [4.78, 5) is 4.45. The van der Waals surface area contributed by atoms with E-state index in [-0.39, 0.29) is 23.5 Å². The van der Waals surface area contributed by atoms with Crippen LogP contribution in [0.15, 0.2) is 0 Å². The molecule has 0 saturated carbocycles.